The third-order valence-electron chi connectivity index (χ3n) is 3.40. The van der Waals surface area contributed by atoms with Gasteiger partial charge in [-0.2, -0.15) is 0 Å². The minimum absolute atomic E-state index is 0.221. The van der Waals surface area contributed by atoms with Crippen molar-refractivity contribution >= 4 is 6.21 Å². The molecule has 4 nitrogen and oxygen atoms in total. The molecule has 1 atom stereocenters. The van der Waals surface area contributed by atoms with E-state index in [1.165, 1.54) is 0 Å². The molecular weight excluding hydrogens is 252 g/mol. The lowest BCUT2D eigenvalue weighted by Gasteiger charge is -2.16. The summed E-state index contributed by atoms with van der Waals surface area (Å²) in [6.45, 7) is 13.9. The number of hydrogen-bond donors (Lipinski definition) is 0. The summed E-state index contributed by atoms with van der Waals surface area (Å²) in [6.07, 6.45) is 5.01. The van der Waals surface area contributed by atoms with Gasteiger partial charge in [-0.15, -0.1) is 0 Å². The van der Waals surface area contributed by atoms with Crippen LogP contribution in [-0.2, 0) is 9.47 Å². The Morgan fingerprint density at radius 1 is 1.50 bits per heavy atom. The summed E-state index contributed by atoms with van der Waals surface area (Å²) in [5.41, 5.74) is 1.06. The van der Waals surface area contributed by atoms with Crippen molar-refractivity contribution in [2.45, 2.75) is 33.3 Å². The maximum atomic E-state index is 5.84. The van der Waals surface area contributed by atoms with E-state index < -0.39 is 0 Å². The molecule has 0 spiro atoms. The Labute approximate surface area is 123 Å². The number of aliphatic imine (C=N–C) groups is 1. The van der Waals surface area contributed by atoms with Crippen LogP contribution >= 0.6 is 0 Å². The Kier molecular flexibility index (Phi) is 7.55. The van der Waals surface area contributed by atoms with E-state index in [9.17, 15) is 0 Å². The molecule has 1 rings (SSSR count). The summed E-state index contributed by atoms with van der Waals surface area (Å²) in [4.78, 5) is 6.78. The summed E-state index contributed by atoms with van der Waals surface area (Å²) in [6, 6.07) is 0. The zero-order chi connectivity index (χ0) is 15.0. The first kappa shape index (κ1) is 16.9. The van der Waals surface area contributed by atoms with Crippen LogP contribution in [0.25, 0.3) is 0 Å². The van der Waals surface area contributed by atoms with Gasteiger partial charge in [0.1, 0.15) is 11.9 Å². The Hall–Kier alpha value is -1.13. The highest BCUT2D eigenvalue weighted by Gasteiger charge is 2.23. The van der Waals surface area contributed by atoms with Gasteiger partial charge in [0.05, 0.1) is 12.8 Å². The highest BCUT2D eigenvalue weighted by Crippen LogP contribution is 2.15. The first-order chi connectivity index (χ1) is 9.56. The van der Waals surface area contributed by atoms with E-state index in [1.807, 2.05) is 13.0 Å². The fraction of sp³-hybridized carbons (Fsp3) is 0.688. The van der Waals surface area contributed by atoms with Crippen LogP contribution in [0.2, 0.25) is 0 Å². The van der Waals surface area contributed by atoms with Crippen LogP contribution in [0.1, 0.15) is 27.2 Å². The number of methoxy groups -OCH3 is 1. The lowest BCUT2D eigenvalue weighted by atomic mass is 10.1. The molecule has 0 aromatic heterocycles. The van der Waals surface area contributed by atoms with Crippen LogP contribution in [0, 0.1) is 5.92 Å². The van der Waals surface area contributed by atoms with Crippen molar-refractivity contribution in [3.63, 3.8) is 0 Å². The predicted octanol–water partition coefficient (Wildman–Crippen LogP) is 2.87. The minimum atomic E-state index is 0.221. The molecule has 0 radical (unpaired) electrons. The molecule has 1 saturated heterocycles. The van der Waals surface area contributed by atoms with Crippen LogP contribution < -0.4 is 0 Å². The third-order valence-corrected chi connectivity index (χ3v) is 3.40. The summed E-state index contributed by atoms with van der Waals surface area (Å²) in [5.74, 6) is 1.06. The first-order valence-electron chi connectivity index (χ1n) is 7.34. The van der Waals surface area contributed by atoms with E-state index in [2.05, 4.69) is 30.3 Å². The predicted molar refractivity (Wildman–Crippen MR) is 84.0 cm³/mol. The van der Waals surface area contributed by atoms with Crippen LogP contribution in [-0.4, -0.2) is 50.6 Å². The Bertz CT molecular complexity index is 361. The molecule has 0 unspecified atom stereocenters. The molecule has 1 aliphatic rings. The quantitative estimate of drug-likeness (QED) is 0.506. The van der Waals surface area contributed by atoms with Crippen LogP contribution in [0.15, 0.2) is 29.1 Å². The summed E-state index contributed by atoms with van der Waals surface area (Å²) in [5, 5.41) is 0. The van der Waals surface area contributed by atoms with E-state index in [0.29, 0.717) is 11.7 Å². The van der Waals surface area contributed by atoms with Crippen molar-refractivity contribution in [1.29, 1.82) is 0 Å². The van der Waals surface area contributed by atoms with E-state index in [4.69, 9.17) is 9.47 Å². The Morgan fingerprint density at radius 2 is 2.25 bits per heavy atom. The summed E-state index contributed by atoms with van der Waals surface area (Å²) in [7, 11) is 1.73. The van der Waals surface area contributed by atoms with Gasteiger partial charge in [0.15, 0.2) is 0 Å². The van der Waals surface area contributed by atoms with Crippen molar-refractivity contribution in [3.8, 4) is 0 Å². The van der Waals surface area contributed by atoms with Crippen LogP contribution in [0.5, 0.6) is 0 Å². The average molecular weight is 280 g/mol. The van der Waals surface area contributed by atoms with Crippen molar-refractivity contribution in [1.82, 2.24) is 4.90 Å². The molecule has 0 N–H and O–H groups in total. The lowest BCUT2D eigenvalue weighted by molar-refractivity contribution is 0.122. The van der Waals surface area contributed by atoms with Crippen molar-refractivity contribution < 1.29 is 9.47 Å². The molecule has 0 aromatic carbocycles. The zero-order valence-electron chi connectivity index (χ0n) is 13.3. The molecule has 0 saturated carbocycles. The van der Waals surface area contributed by atoms with Gasteiger partial charge in [0.25, 0.3) is 0 Å². The molecule has 1 heterocycles. The second-order valence-electron chi connectivity index (χ2n) is 5.41. The molecular formula is C16H28N2O2. The number of nitrogens with zero attached hydrogens (tertiary/aromatic N) is 2. The molecule has 114 valence electrons. The highest BCUT2D eigenvalue weighted by molar-refractivity contribution is 5.76. The third kappa shape index (κ3) is 5.88. The maximum absolute atomic E-state index is 5.84. The average Bonchev–Trinajstić information content (AvgIpc) is 2.84. The number of rotatable bonds is 8. The molecule has 0 amide bonds. The van der Waals surface area contributed by atoms with Gasteiger partial charge in [-0.1, -0.05) is 26.5 Å². The first-order valence-corrected chi connectivity index (χ1v) is 7.34. The molecule has 1 fully saturated rings. The van der Waals surface area contributed by atoms with Gasteiger partial charge < -0.3 is 9.47 Å². The molecule has 0 bridgehead atoms. The van der Waals surface area contributed by atoms with Crippen LogP contribution in [0.3, 0.4) is 0 Å². The fourth-order valence-corrected chi connectivity index (χ4v) is 2.26. The van der Waals surface area contributed by atoms with Crippen molar-refractivity contribution in [2.75, 3.05) is 33.4 Å². The fourth-order valence-electron chi connectivity index (χ4n) is 2.26. The van der Waals surface area contributed by atoms with E-state index in [0.717, 1.165) is 38.4 Å². The molecule has 20 heavy (non-hydrogen) atoms. The topological polar surface area (TPSA) is 34.1 Å². The molecule has 4 heteroatoms. The Balaban J connectivity index is 2.35. The number of allylic oxidation sites excluding steroid dienone is 3. The van der Waals surface area contributed by atoms with Crippen molar-refractivity contribution in [3.05, 3.63) is 24.1 Å². The molecule has 0 aromatic rings. The van der Waals surface area contributed by atoms with Crippen LogP contribution in [0.4, 0.5) is 0 Å². The van der Waals surface area contributed by atoms with Gasteiger partial charge in [-0.05, 0) is 19.3 Å². The smallest absolute Gasteiger partial charge is 0.130 e. The maximum Gasteiger partial charge on any atom is 0.130 e. The second kappa shape index (κ2) is 8.93. The summed E-state index contributed by atoms with van der Waals surface area (Å²) >= 11 is 0. The SMILES string of the molecule is C=C(/C=N\C(=C/C)C(C)C)O[C@H]1CCN(CCOC)C1. The normalized spacial score (nSPS) is 21.1. The lowest BCUT2D eigenvalue weighted by Crippen LogP contribution is -2.26. The van der Waals surface area contributed by atoms with Gasteiger partial charge in [0.2, 0.25) is 0 Å². The second-order valence-corrected chi connectivity index (χ2v) is 5.41. The van der Waals surface area contributed by atoms with Gasteiger partial charge in [-0.3, -0.25) is 9.89 Å². The van der Waals surface area contributed by atoms with Gasteiger partial charge >= 0.3 is 0 Å². The van der Waals surface area contributed by atoms with E-state index in [-0.39, 0.29) is 6.10 Å². The van der Waals surface area contributed by atoms with E-state index >= 15 is 0 Å². The standard InChI is InChI=1S/C16H28N2O2/c1-6-16(13(2)3)17-11-14(4)20-15-7-8-18(12-15)9-10-19-5/h6,11,13,15H,4,7-10,12H2,1-3,5H3/b16-6-,17-11-/t15-/m0/s1. The van der Waals surface area contributed by atoms with E-state index in [1.54, 1.807) is 13.3 Å². The highest BCUT2D eigenvalue weighted by atomic mass is 16.5. The molecule has 1 aliphatic heterocycles. The van der Waals surface area contributed by atoms with Crippen molar-refractivity contribution in [2.24, 2.45) is 10.9 Å². The zero-order valence-corrected chi connectivity index (χ0v) is 13.3. The Morgan fingerprint density at radius 3 is 2.85 bits per heavy atom. The largest absolute Gasteiger partial charge is 0.488 e. The number of likely N-dealkylation sites (tertiary alicyclic amines) is 1. The number of hydrogen-bond acceptors (Lipinski definition) is 4. The number of ether oxygens (including phenoxy) is 2. The molecule has 0 aliphatic carbocycles. The summed E-state index contributed by atoms with van der Waals surface area (Å²) < 4.78 is 10.9. The minimum Gasteiger partial charge on any atom is -0.488 e. The van der Waals surface area contributed by atoms with Gasteiger partial charge in [0, 0.05) is 32.4 Å². The monoisotopic (exact) mass is 280 g/mol. The van der Waals surface area contributed by atoms with Gasteiger partial charge in [-0.25, -0.2) is 0 Å².